The van der Waals surface area contributed by atoms with Gasteiger partial charge in [0.1, 0.15) is 12.4 Å². The van der Waals surface area contributed by atoms with Crippen LogP contribution in [-0.4, -0.2) is 53.6 Å². The third kappa shape index (κ3) is 4.04. The second-order valence-corrected chi connectivity index (χ2v) is 7.82. The quantitative estimate of drug-likeness (QED) is 0.375. The highest BCUT2D eigenvalue weighted by Crippen LogP contribution is 2.29. The lowest BCUT2D eigenvalue weighted by Crippen LogP contribution is -2.35. The van der Waals surface area contributed by atoms with E-state index in [1.165, 1.54) is 6.20 Å². The number of fused-ring (bicyclic) bond motifs is 3. The van der Waals surface area contributed by atoms with E-state index in [0.717, 1.165) is 10.8 Å². The smallest absolute Gasteiger partial charge is 0.253 e. The minimum atomic E-state index is -0.339. The van der Waals surface area contributed by atoms with E-state index in [1.54, 1.807) is 36.6 Å². The van der Waals surface area contributed by atoms with Gasteiger partial charge in [-0.3, -0.25) is 9.78 Å². The molecule has 11 heteroatoms. The highest BCUT2D eigenvalue weighted by atomic mass is 16.5. The molecular formula is C23H21N7O4. The maximum atomic E-state index is 12.2. The van der Waals surface area contributed by atoms with Gasteiger partial charge in [-0.25, -0.2) is 0 Å². The van der Waals surface area contributed by atoms with Crippen molar-refractivity contribution in [2.45, 2.75) is 26.5 Å². The summed E-state index contributed by atoms with van der Waals surface area (Å²) < 4.78 is 12.8. The normalized spacial score (nSPS) is 12.2. The Kier molecular flexibility index (Phi) is 5.60. The number of carbonyl (C=O) groups is 1. The fourth-order valence-corrected chi connectivity index (χ4v) is 3.43. The van der Waals surface area contributed by atoms with Crippen LogP contribution in [0.25, 0.3) is 27.9 Å². The number of carbonyl (C=O) groups excluding carboxylic acids is 1. The molecule has 0 spiro atoms. The van der Waals surface area contributed by atoms with Crippen molar-refractivity contribution in [3.63, 3.8) is 0 Å². The number of nitrogens with one attached hydrogen (secondary N) is 1. The van der Waals surface area contributed by atoms with Gasteiger partial charge in [-0.15, -0.1) is 15.3 Å². The van der Waals surface area contributed by atoms with Crippen molar-refractivity contribution in [3.8, 4) is 17.4 Å². The monoisotopic (exact) mass is 459 g/mol. The number of aliphatic hydroxyl groups excluding tert-OH is 1. The minimum absolute atomic E-state index is 0.137. The van der Waals surface area contributed by atoms with Crippen molar-refractivity contribution in [1.29, 1.82) is 0 Å². The summed E-state index contributed by atoms with van der Waals surface area (Å²) in [6, 6.07) is 12.4. The van der Waals surface area contributed by atoms with Gasteiger partial charge >= 0.3 is 0 Å². The van der Waals surface area contributed by atoms with Crippen molar-refractivity contribution in [1.82, 2.24) is 35.3 Å². The maximum absolute atomic E-state index is 12.2. The number of hydrogen-bond acceptors (Lipinski definition) is 9. The molecular weight excluding hydrogens is 438 g/mol. The molecule has 0 aliphatic heterocycles. The topological polar surface area (TPSA) is 141 Å². The summed E-state index contributed by atoms with van der Waals surface area (Å²) in [7, 11) is 0. The molecule has 4 heterocycles. The van der Waals surface area contributed by atoms with Crippen molar-refractivity contribution in [2.24, 2.45) is 0 Å². The van der Waals surface area contributed by atoms with Gasteiger partial charge in [0.05, 0.1) is 17.9 Å². The van der Waals surface area contributed by atoms with Crippen molar-refractivity contribution in [2.75, 3.05) is 6.61 Å². The average Bonchev–Trinajstić information content (AvgIpc) is 3.48. The van der Waals surface area contributed by atoms with Crippen molar-refractivity contribution in [3.05, 3.63) is 65.7 Å². The molecule has 1 aromatic carbocycles. The summed E-state index contributed by atoms with van der Waals surface area (Å²) >= 11 is 0. The second-order valence-electron chi connectivity index (χ2n) is 7.82. The molecule has 0 saturated heterocycles. The molecule has 5 rings (SSSR count). The molecule has 1 atom stereocenters. The van der Waals surface area contributed by atoms with Crippen LogP contribution in [0.3, 0.4) is 0 Å². The average molecular weight is 459 g/mol. The zero-order valence-electron chi connectivity index (χ0n) is 18.5. The van der Waals surface area contributed by atoms with E-state index in [-0.39, 0.29) is 25.2 Å². The summed E-state index contributed by atoms with van der Waals surface area (Å²) in [5.41, 5.74) is 2.11. The lowest BCUT2D eigenvalue weighted by molar-refractivity contribution is 0.0922. The second kappa shape index (κ2) is 8.87. The van der Waals surface area contributed by atoms with E-state index < -0.39 is 0 Å². The lowest BCUT2D eigenvalue weighted by Gasteiger charge is -2.11. The SMILES string of the molecule is Cc1cc(-c2nnc3c4ccccc4c(OCc4ccc(C(=O)N[C@H](C)CO)cn4)nn23)no1. The van der Waals surface area contributed by atoms with Gasteiger partial charge in [-0.05, 0) is 32.0 Å². The lowest BCUT2D eigenvalue weighted by atomic mass is 10.2. The van der Waals surface area contributed by atoms with Crippen LogP contribution in [0.15, 0.2) is 53.2 Å². The Hall–Kier alpha value is -4.38. The first-order valence-corrected chi connectivity index (χ1v) is 10.6. The van der Waals surface area contributed by atoms with Crippen molar-refractivity contribution < 1.29 is 19.2 Å². The fourth-order valence-electron chi connectivity index (χ4n) is 3.43. The van der Waals surface area contributed by atoms with Gasteiger partial charge in [0.15, 0.2) is 11.3 Å². The Morgan fingerprint density at radius 3 is 2.74 bits per heavy atom. The van der Waals surface area contributed by atoms with E-state index >= 15 is 0 Å². The highest BCUT2D eigenvalue weighted by Gasteiger charge is 2.18. The van der Waals surface area contributed by atoms with Crippen LogP contribution in [0.1, 0.15) is 28.7 Å². The zero-order valence-corrected chi connectivity index (χ0v) is 18.5. The third-order valence-corrected chi connectivity index (χ3v) is 5.18. The Morgan fingerprint density at radius 2 is 2.03 bits per heavy atom. The number of ether oxygens (including phenoxy) is 1. The Balaban J connectivity index is 1.43. The van der Waals surface area contributed by atoms with Crippen LogP contribution in [0.2, 0.25) is 0 Å². The summed E-state index contributed by atoms with van der Waals surface area (Å²) in [5.74, 6) is 1.17. The Bertz CT molecular complexity index is 1480. The fraction of sp³-hybridized carbons (Fsp3) is 0.217. The van der Waals surface area contributed by atoms with Crippen molar-refractivity contribution >= 4 is 22.3 Å². The number of hydrogen-bond donors (Lipinski definition) is 2. The first-order chi connectivity index (χ1) is 16.5. The number of rotatable bonds is 7. The van der Waals surface area contributed by atoms with Crippen LogP contribution in [0.4, 0.5) is 0 Å². The standard InChI is InChI=1S/C23H21N7O4/c1-13(11-31)25-22(32)15-7-8-16(24-10-15)12-33-23-18-6-4-3-5-17(18)20-26-27-21(30(20)28-23)19-9-14(2)34-29-19/h3-10,13,31H,11-12H2,1-2H3,(H,25,32)/t13-/m1/s1. The minimum Gasteiger partial charge on any atom is -0.470 e. The van der Waals surface area contributed by atoms with Crippen LogP contribution >= 0.6 is 0 Å². The molecule has 11 nitrogen and oxygen atoms in total. The van der Waals surface area contributed by atoms with Gasteiger partial charge in [0, 0.05) is 29.1 Å². The number of nitrogens with zero attached hydrogens (tertiary/aromatic N) is 6. The molecule has 2 N–H and O–H groups in total. The molecule has 0 aliphatic carbocycles. The molecule has 0 unspecified atom stereocenters. The van der Waals surface area contributed by atoms with Gasteiger partial charge in [-0.1, -0.05) is 23.4 Å². The maximum Gasteiger partial charge on any atom is 0.253 e. The number of aryl methyl sites for hydroxylation is 1. The number of amides is 1. The molecule has 4 aromatic heterocycles. The molecule has 5 aromatic rings. The molecule has 0 fully saturated rings. The van der Waals surface area contributed by atoms with Gasteiger partial charge in [-0.2, -0.15) is 4.52 Å². The summed E-state index contributed by atoms with van der Waals surface area (Å²) in [4.78, 5) is 16.5. The Labute approximate surface area is 193 Å². The van der Waals surface area contributed by atoms with E-state index in [0.29, 0.717) is 40.1 Å². The zero-order chi connectivity index (χ0) is 23.7. The third-order valence-electron chi connectivity index (χ3n) is 5.18. The molecule has 0 radical (unpaired) electrons. The van der Waals surface area contributed by atoms with E-state index in [9.17, 15) is 4.79 Å². The molecule has 1 amide bonds. The Morgan fingerprint density at radius 1 is 1.21 bits per heavy atom. The summed E-state index contributed by atoms with van der Waals surface area (Å²) in [6.07, 6.45) is 1.47. The van der Waals surface area contributed by atoms with Crippen LogP contribution in [0.5, 0.6) is 5.88 Å². The first kappa shape index (κ1) is 21.5. The predicted octanol–water partition coefficient (Wildman–Crippen LogP) is 2.33. The molecule has 172 valence electrons. The number of aliphatic hydroxyl groups is 1. The van der Waals surface area contributed by atoms with Crippen LogP contribution in [0, 0.1) is 6.92 Å². The van der Waals surface area contributed by atoms with E-state index in [2.05, 4.69) is 30.8 Å². The molecule has 0 saturated carbocycles. The summed E-state index contributed by atoms with van der Waals surface area (Å²) in [5, 5.41) is 30.6. The first-order valence-electron chi connectivity index (χ1n) is 10.6. The van der Waals surface area contributed by atoms with Crippen LogP contribution in [-0.2, 0) is 6.61 Å². The highest BCUT2D eigenvalue weighted by molar-refractivity contribution is 5.97. The summed E-state index contributed by atoms with van der Waals surface area (Å²) in [6.45, 7) is 3.51. The number of aromatic nitrogens is 6. The van der Waals surface area contributed by atoms with Crippen LogP contribution < -0.4 is 10.1 Å². The largest absolute Gasteiger partial charge is 0.470 e. The predicted molar refractivity (Wildman–Crippen MR) is 121 cm³/mol. The number of benzene rings is 1. The molecule has 34 heavy (non-hydrogen) atoms. The van der Waals surface area contributed by atoms with Gasteiger partial charge in [0.25, 0.3) is 5.91 Å². The molecule has 0 bridgehead atoms. The van der Waals surface area contributed by atoms with Gasteiger partial charge in [0.2, 0.25) is 11.7 Å². The van der Waals surface area contributed by atoms with Gasteiger partial charge < -0.3 is 19.7 Å². The number of pyridine rings is 1. The van der Waals surface area contributed by atoms with E-state index in [4.69, 9.17) is 14.4 Å². The van der Waals surface area contributed by atoms with E-state index in [1.807, 2.05) is 24.3 Å². The molecule has 0 aliphatic rings.